The summed E-state index contributed by atoms with van der Waals surface area (Å²) in [5.74, 6) is -1.72. The molecule has 1 aliphatic heterocycles. The van der Waals surface area contributed by atoms with Gasteiger partial charge in [0.25, 0.3) is 17.2 Å². The number of carbonyl (C=O) groups excluding carboxylic acids is 2. The molecular formula is C29H26FN4O3+. The lowest BCUT2D eigenvalue weighted by Gasteiger charge is -2.14. The maximum atomic E-state index is 14.0. The van der Waals surface area contributed by atoms with Gasteiger partial charge in [-0.3, -0.25) is 19.5 Å². The summed E-state index contributed by atoms with van der Waals surface area (Å²) in [4.78, 5) is 42.9. The molecule has 3 heterocycles. The lowest BCUT2D eigenvalue weighted by Crippen LogP contribution is -2.39. The molecule has 0 saturated carbocycles. The Kier molecular flexibility index (Phi) is 5.95. The normalized spacial score (nSPS) is 13.8. The highest BCUT2D eigenvalue weighted by atomic mass is 19.1. The summed E-state index contributed by atoms with van der Waals surface area (Å²) in [5, 5.41) is 3.10. The lowest BCUT2D eigenvalue weighted by atomic mass is 9.98. The number of aromatic amines is 1. The van der Waals surface area contributed by atoms with Crippen LogP contribution in [0.4, 0.5) is 10.1 Å². The number of H-pyrrole nitrogens is 1. The zero-order chi connectivity index (χ0) is 26.4. The molecule has 2 aromatic heterocycles. The molecule has 186 valence electrons. The van der Waals surface area contributed by atoms with Gasteiger partial charge in [0.05, 0.1) is 16.9 Å². The van der Waals surface area contributed by atoms with Crippen LogP contribution < -0.4 is 15.0 Å². The van der Waals surface area contributed by atoms with Crippen molar-refractivity contribution >= 4 is 28.8 Å². The van der Waals surface area contributed by atoms with Gasteiger partial charge >= 0.3 is 5.91 Å². The van der Waals surface area contributed by atoms with Crippen molar-refractivity contribution in [3.63, 3.8) is 0 Å². The second-order valence-corrected chi connectivity index (χ2v) is 9.47. The summed E-state index contributed by atoms with van der Waals surface area (Å²) in [5.41, 5.74) is 2.85. The average molecular weight is 498 g/mol. The Balaban J connectivity index is 1.81. The highest BCUT2D eigenvalue weighted by molar-refractivity contribution is 6.53. The molecular weight excluding hydrogens is 471 g/mol. The number of aromatic nitrogens is 3. The third-order valence-electron chi connectivity index (χ3n) is 6.36. The molecule has 8 heteroatoms. The summed E-state index contributed by atoms with van der Waals surface area (Å²) in [6, 6.07) is 16.2. The highest BCUT2D eigenvalue weighted by Gasteiger charge is 2.48. The van der Waals surface area contributed by atoms with Crippen molar-refractivity contribution in [2.75, 3.05) is 4.90 Å². The Morgan fingerprint density at radius 2 is 1.57 bits per heavy atom. The maximum absolute atomic E-state index is 14.0. The third-order valence-corrected chi connectivity index (χ3v) is 6.36. The van der Waals surface area contributed by atoms with E-state index >= 15 is 0 Å². The summed E-state index contributed by atoms with van der Waals surface area (Å²) in [6.45, 7) is 7.55. The molecule has 0 spiro atoms. The molecule has 4 aromatic rings. The van der Waals surface area contributed by atoms with E-state index in [1.165, 1.54) is 28.9 Å². The molecule has 37 heavy (non-hydrogen) atoms. The minimum absolute atomic E-state index is 0.0212. The van der Waals surface area contributed by atoms with E-state index in [2.05, 4.69) is 5.10 Å². The number of anilines is 1. The predicted octanol–water partition coefficient (Wildman–Crippen LogP) is 4.27. The van der Waals surface area contributed by atoms with Gasteiger partial charge in [0.15, 0.2) is 12.4 Å². The van der Waals surface area contributed by atoms with E-state index < -0.39 is 23.2 Å². The van der Waals surface area contributed by atoms with Gasteiger partial charge in [0.1, 0.15) is 11.4 Å². The number of nitrogens with zero attached hydrogens (tertiary/aromatic N) is 3. The van der Waals surface area contributed by atoms with E-state index in [0.29, 0.717) is 17.1 Å². The van der Waals surface area contributed by atoms with E-state index in [9.17, 15) is 18.8 Å². The number of hydrogen-bond donors (Lipinski definition) is 1. The SMILES string of the molecule is Cc1cccc(N2C(=O)C(c3c(C(C)C)[nH]n(-c4ccc(F)cc4)c3=O)=C([n+]3cccc(C)c3)C2=O)c1. The minimum atomic E-state index is -0.580. The van der Waals surface area contributed by atoms with Gasteiger partial charge in [-0.1, -0.05) is 26.0 Å². The van der Waals surface area contributed by atoms with Gasteiger partial charge in [0, 0.05) is 17.3 Å². The van der Waals surface area contributed by atoms with Crippen molar-refractivity contribution in [3.05, 3.63) is 112 Å². The number of nitrogens with one attached hydrogen (secondary N) is 1. The number of pyridine rings is 1. The second kappa shape index (κ2) is 9.13. The quantitative estimate of drug-likeness (QED) is 0.330. The molecule has 2 amide bonds. The number of halogens is 1. The summed E-state index contributed by atoms with van der Waals surface area (Å²) in [6.07, 6.45) is 3.44. The van der Waals surface area contributed by atoms with Gasteiger partial charge < -0.3 is 0 Å². The highest BCUT2D eigenvalue weighted by Crippen LogP contribution is 2.35. The first kappa shape index (κ1) is 24.1. The number of amides is 2. The van der Waals surface area contributed by atoms with E-state index in [0.717, 1.165) is 16.0 Å². The molecule has 0 atom stereocenters. The van der Waals surface area contributed by atoms with Crippen molar-refractivity contribution in [3.8, 4) is 5.69 Å². The van der Waals surface area contributed by atoms with Crippen molar-refractivity contribution in [2.24, 2.45) is 0 Å². The fourth-order valence-electron chi connectivity index (χ4n) is 4.60. The van der Waals surface area contributed by atoms with Gasteiger partial charge in [0.2, 0.25) is 0 Å². The Morgan fingerprint density at radius 3 is 2.22 bits per heavy atom. The topological polar surface area (TPSA) is 79.1 Å². The zero-order valence-electron chi connectivity index (χ0n) is 20.9. The van der Waals surface area contributed by atoms with Crippen LogP contribution in [0.5, 0.6) is 0 Å². The average Bonchev–Trinajstić information content (AvgIpc) is 3.32. The molecule has 0 aliphatic carbocycles. The van der Waals surface area contributed by atoms with Crippen LogP contribution in [0.1, 0.15) is 42.1 Å². The number of imide groups is 1. The minimum Gasteiger partial charge on any atom is -0.294 e. The van der Waals surface area contributed by atoms with E-state index in [4.69, 9.17) is 0 Å². The molecule has 5 rings (SSSR count). The first-order chi connectivity index (χ1) is 17.7. The van der Waals surface area contributed by atoms with Crippen molar-refractivity contribution in [2.45, 2.75) is 33.6 Å². The summed E-state index contributed by atoms with van der Waals surface area (Å²) >= 11 is 0. The van der Waals surface area contributed by atoms with Crippen LogP contribution in [-0.2, 0) is 9.59 Å². The van der Waals surface area contributed by atoms with Crippen LogP contribution in [0.3, 0.4) is 0 Å². The lowest BCUT2D eigenvalue weighted by molar-refractivity contribution is -0.577. The largest absolute Gasteiger partial charge is 0.331 e. The first-order valence-corrected chi connectivity index (χ1v) is 12.0. The molecule has 0 saturated heterocycles. The smallest absolute Gasteiger partial charge is 0.294 e. The van der Waals surface area contributed by atoms with Gasteiger partial charge in [-0.2, -0.15) is 4.57 Å². The standard InChI is InChI=1S/C29H25FN4O3/c1-17(2)25-23(28(36)34(31-25)21-12-10-20(30)11-13-21)24-26(32-14-6-8-19(4)16-32)29(37)33(27(24)35)22-9-5-7-18(3)15-22/h5-17H,1-4H3/p+1. The molecule has 2 aromatic carbocycles. The van der Waals surface area contributed by atoms with Gasteiger partial charge in [-0.15, -0.1) is 0 Å². The molecule has 1 aliphatic rings. The number of carbonyl (C=O) groups is 2. The Hall–Kier alpha value is -4.59. The van der Waals surface area contributed by atoms with Crippen LogP contribution in [-0.4, -0.2) is 21.6 Å². The number of hydrogen-bond acceptors (Lipinski definition) is 3. The Labute approximate surface area is 213 Å². The monoisotopic (exact) mass is 497 g/mol. The maximum Gasteiger partial charge on any atom is 0.331 e. The molecule has 0 fully saturated rings. The van der Waals surface area contributed by atoms with Gasteiger partial charge in [-0.25, -0.2) is 14.0 Å². The van der Waals surface area contributed by atoms with Crippen molar-refractivity contribution in [1.82, 2.24) is 9.78 Å². The van der Waals surface area contributed by atoms with Crippen molar-refractivity contribution < 1.29 is 18.5 Å². The van der Waals surface area contributed by atoms with Crippen LogP contribution >= 0.6 is 0 Å². The Morgan fingerprint density at radius 1 is 0.865 bits per heavy atom. The van der Waals surface area contributed by atoms with Crippen molar-refractivity contribution in [1.29, 1.82) is 0 Å². The number of rotatable bonds is 5. The summed E-state index contributed by atoms with van der Waals surface area (Å²) < 4.78 is 16.4. The summed E-state index contributed by atoms with van der Waals surface area (Å²) in [7, 11) is 0. The third kappa shape index (κ3) is 4.10. The molecule has 7 nitrogen and oxygen atoms in total. The molecule has 0 unspecified atom stereocenters. The number of benzene rings is 2. The molecule has 1 N–H and O–H groups in total. The van der Waals surface area contributed by atoms with E-state index in [1.54, 1.807) is 41.2 Å². The molecule has 0 bridgehead atoms. The van der Waals surface area contributed by atoms with Crippen LogP contribution in [0, 0.1) is 19.7 Å². The molecule has 0 radical (unpaired) electrons. The number of aryl methyl sites for hydroxylation is 2. The van der Waals surface area contributed by atoms with Crippen LogP contribution in [0.15, 0.2) is 77.9 Å². The predicted molar refractivity (Wildman–Crippen MR) is 139 cm³/mol. The van der Waals surface area contributed by atoms with Crippen LogP contribution in [0.25, 0.3) is 17.0 Å². The van der Waals surface area contributed by atoms with E-state index in [1.807, 2.05) is 39.8 Å². The fraction of sp³-hybridized carbons (Fsp3) is 0.172. The van der Waals surface area contributed by atoms with Crippen LogP contribution in [0.2, 0.25) is 0 Å². The second-order valence-electron chi connectivity index (χ2n) is 9.47. The first-order valence-electron chi connectivity index (χ1n) is 12.0. The van der Waals surface area contributed by atoms with E-state index in [-0.39, 0.29) is 22.8 Å². The fourth-order valence-corrected chi connectivity index (χ4v) is 4.60. The zero-order valence-corrected chi connectivity index (χ0v) is 20.9. The Bertz CT molecular complexity index is 1640. The van der Waals surface area contributed by atoms with Gasteiger partial charge in [-0.05, 0) is 67.8 Å².